The number of rotatable bonds is 3. The van der Waals surface area contributed by atoms with Crippen molar-refractivity contribution >= 4 is 15.8 Å². The number of aliphatic hydroxyl groups excluding tert-OH is 1. The van der Waals surface area contributed by atoms with Crippen molar-refractivity contribution in [1.82, 2.24) is 4.72 Å². The molecule has 1 aliphatic rings. The van der Waals surface area contributed by atoms with Crippen molar-refractivity contribution in [3.8, 4) is 0 Å². The Morgan fingerprint density at radius 2 is 1.95 bits per heavy atom. The molecule has 1 heterocycles. The summed E-state index contributed by atoms with van der Waals surface area (Å²) >= 11 is 0. The maximum atomic E-state index is 13.8. The average Bonchev–Trinajstić information content (AvgIpc) is 2.53. The second-order valence-corrected chi connectivity index (χ2v) is 6.24. The zero-order chi connectivity index (χ0) is 15.1. The lowest BCUT2D eigenvalue weighted by Crippen LogP contribution is -2.33. The van der Waals surface area contributed by atoms with Crippen LogP contribution in [-0.4, -0.2) is 25.6 Å². The second-order valence-electron chi connectivity index (χ2n) is 4.50. The summed E-state index contributed by atoms with van der Waals surface area (Å²) in [6.45, 7) is 1.25. The molecule has 0 aliphatic carbocycles. The normalized spacial score (nSPS) is 22.9. The number of carbonyl (C=O) groups is 1. The number of carbonyl (C=O) groups excluding carboxylic acids is 1. The molecule has 0 spiro atoms. The average molecular weight is 301 g/mol. The van der Waals surface area contributed by atoms with Gasteiger partial charge in [-0.1, -0.05) is 18.2 Å². The highest BCUT2D eigenvalue weighted by molar-refractivity contribution is 7.88. The number of sulfonamides is 1. The molecule has 1 atom stereocenters. The highest BCUT2D eigenvalue weighted by Gasteiger charge is 2.49. The van der Waals surface area contributed by atoms with Crippen LogP contribution in [0.5, 0.6) is 0 Å². The summed E-state index contributed by atoms with van der Waals surface area (Å²) in [7, 11) is -3.75. The molecule has 8 heteroatoms. The van der Waals surface area contributed by atoms with Gasteiger partial charge in [-0.05, 0) is 13.0 Å². The zero-order valence-electron chi connectivity index (χ0n) is 10.7. The molecule has 0 saturated heterocycles. The molecule has 108 valence electrons. The Kier molecular flexibility index (Phi) is 3.21. The number of benzene rings is 1. The fourth-order valence-corrected chi connectivity index (χ4v) is 2.37. The third-order valence-corrected chi connectivity index (χ3v) is 3.39. The van der Waals surface area contributed by atoms with Crippen molar-refractivity contribution in [2.75, 3.05) is 6.26 Å². The number of hydrogen-bond acceptors (Lipinski definition) is 5. The van der Waals surface area contributed by atoms with Crippen LogP contribution in [0.1, 0.15) is 12.5 Å². The Hall–Kier alpha value is -2.09. The summed E-state index contributed by atoms with van der Waals surface area (Å²) in [6.07, 6.45) is 0.833. The van der Waals surface area contributed by atoms with E-state index in [1.807, 2.05) is 4.72 Å². The van der Waals surface area contributed by atoms with E-state index in [1.54, 1.807) is 0 Å². The van der Waals surface area contributed by atoms with Crippen molar-refractivity contribution in [1.29, 1.82) is 0 Å². The van der Waals surface area contributed by atoms with Gasteiger partial charge >= 0.3 is 0 Å². The van der Waals surface area contributed by atoms with Gasteiger partial charge in [-0.3, -0.25) is 9.52 Å². The van der Waals surface area contributed by atoms with Crippen molar-refractivity contribution in [2.45, 2.75) is 12.5 Å². The first kappa shape index (κ1) is 14.3. The van der Waals surface area contributed by atoms with Crippen LogP contribution in [0.15, 0.2) is 35.9 Å². The lowest BCUT2D eigenvalue weighted by atomic mass is 9.91. The molecule has 0 saturated carbocycles. The standard InChI is InChI=1S/C12H12FNO5S/c1-12(7-5-3-4-6-8(7)13)10(16)9(15)11(19-12)14-20(2,17)18/h3-6,14-15H,1-2H3. The molecule has 0 bridgehead atoms. The predicted molar refractivity (Wildman–Crippen MR) is 67.5 cm³/mol. The summed E-state index contributed by atoms with van der Waals surface area (Å²) in [5.74, 6) is -3.12. The van der Waals surface area contributed by atoms with Gasteiger partial charge in [-0.25, -0.2) is 12.8 Å². The highest BCUT2D eigenvalue weighted by atomic mass is 32.2. The molecule has 1 unspecified atom stereocenters. The SMILES string of the molecule is CC1(c2ccccc2F)OC(NS(C)(=O)=O)=C(O)C1=O. The van der Waals surface area contributed by atoms with E-state index in [0.29, 0.717) is 0 Å². The van der Waals surface area contributed by atoms with Gasteiger partial charge in [-0.15, -0.1) is 0 Å². The van der Waals surface area contributed by atoms with Crippen LogP contribution in [0.4, 0.5) is 4.39 Å². The molecule has 2 rings (SSSR count). The monoisotopic (exact) mass is 301 g/mol. The van der Waals surface area contributed by atoms with Gasteiger partial charge in [0.2, 0.25) is 27.3 Å². The minimum absolute atomic E-state index is 0.0955. The Balaban J connectivity index is 2.44. The van der Waals surface area contributed by atoms with Crippen LogP contribution in [0.2, 0.25) is 0 Å². The molecule has 1 aliphatic heterocycles. The van der Waals surface area contributed by atoms with Gasteiger partial charge in [0.05, 0.1) is 6.26 Å². The molecule has 2 N–H and O–H groups in total. The van der Waals surface area contributed by atoms with Gasteiger partial charge in [0.15, 0.2) is 0 Å². The molecule has 6 nitrogen and oxygen atoms in total. The number of ketones is 1. The van der Waals surface area contributed by atoms with E-state index in [9.17, 15) is 22.7 Å². The molecule has 1 aromatic carbocycles. The van der Waals surface area contributed by atoms with Crippen LogP contribution in [-0.2, 0) is 25.2 Å². The fraction of sp³-hybridized carbons (Fsp3) is 0.250. The van der Waals surface area contributed by atoms with Crippen LogP contribution in [0.3, 0.4) is 0 Å². The Labute approximate surface area is 114 Å². The maximum Gasteiger partial charge on any atom is 0.250 e. The summed E-state index contributed by atoms with van der Waals surface area (Å²) < 4.78 is 43.1. The first-order chi connectivity index (χ1) is 9.15. The topological polar surface area (TPSA) is 92.7 Å². The summed E-state index contributed by atoms with van der Waals surface area (Å²) in [6, 6.07) is 5.39. The molecular weight excluding hydrogens is 289 g/mol. The van der Waals surface area contributed by atoms with Gasteiger partial charge in [0.1, 0.15) is 5.82 Å². The third kappa shape index (κ3) is 2.34. The fourth-order valence-electron chi connectivity index (χ4n) is 1.89. The van der Waals surface area contributed by atoms with Crippen molar-refractivity contribution in [3.05, 3.63) is 47.3 Å². The van der Waals surface area contributed by atoms with E-state index in [0.717, 1.165) is 12.3 Å². The second kappa shape index (κ2) is 4.48. The molecular formula is C12H12FNO5S. The van der Waals surface area contributed by atoms with E-state index in [1.165, 1.54) is 25.1 Å². The van der Waals surface area contributed by atoms with Crippen LogP contribution >= 0.6 is 0 Å². The number of aliphatic hydroxyl groups is 1. The molecule has 0 radical (unpaired) electrons. The Bertz CT molecular complexity index is 712. The van der Waals surface area contributed by atoms with Crippen molar-refractivity contribution in [3.63, 3.8) is 0 Å². The smallest absolute Gasteiger partial charge is 0.250 e. The van der Waals surface area contributed by atoms with E-state index in [2.05, 4.69) is 0 Å². The number of nitrogens with one attached hydrogen (secondary N) is 1. The van der Waals surface area contributed by atoms with E-state index < -0.39 is 38.9 Å². The Morgan fingerprint density at radius 1 is 1.35 bits per heavy atom. The summed E-state index contributed by atoms with van der Waals surface area (Å²) in [5.41, 5.74) is -1.91. The predicted octanol–water partition coefficient (Wildman–Crippen LogP) is 0.917. The number of halogens is 1. The summed E-state index contributed by atoms with van der Waals surface area (Å²) in [5, 5.41) is 9.66. The molecule has 0 fully saturated rings. The quantitative estimate of drug-likeness (QED) is 0.866. The largest absolute Gasteiger partial charge is 0.501 e. The zero-order valence-corrected chi connectivity index (χ0v) is 11.5. The first-order valence-corrected chi connectivity index (χ1v) is 7.44. The number of Topliss-reactive ketones (excluding diaryl/α,β-unsaturated/α-hetero) is 1. The Morgan fingerprint density at radius 3 is 2.50 bits per heavy atom. The third-order valence-electron chi connectivity index (χ3n) is 2.84. The van der Waals surface area contributed by atoms with Gasteiger partial charge < -0.3 is 9.84 Å². The number of ether oxygens (including phenoxy) is 1. The lowest BCUT2D eigenvalue weighted by molar-refractivity contribution is -0.132. The minimum Gasteiger partial charge on any atom is -0.501 e. The van der Waals surface area contributed by atoms with E-state index in [4.69, 9.17) is 4.74 Å². The molecule has 0 aromatic heterocycles. The van der Waals surface area contributed by atoms with Crippen LogP contribution < -0.4 is 4.72 Å². The highest BCUT2D eigenvalue weighted by Crippen LogP contribution is 2.38. The van der Waals surface area contributed by atoms with Crippen LogP contribution in [0.25, 0.3) is 0 Å². The minimum atomic E-state index is -3.75. The van der Waals surface area contributed by atoms with E-state index >= 15 is 0 Å². The van der Waals surface area contributed by atoms with Gasteiger partial charge in [0, 0.05) is 5.56 Å². The van der Waals surface area contributed by atoms with Crippen molar-refractivity contribution < 1.29 is 27.4 Å². The van der Waals surface area contributed by atoms with E-state index in [-0.39, 0.29) is 5.56 Å². The first-order valence-electron chi connectivity index (χ1n) is 5.55. The van der Waals surface area contributed by atoms with Gasteiger partial charge in [-0.2, -0.15) is 0 Å². The molecule has 1 aromatic rings. The molecule has 0 amide bonds. The van der Waals surface area contributed by atoms with Gasteiger partial charge in [0.25, 0.3) is 5.78 Å². The maximum absolute atomic E-state index is 13.8. The van der Waals surface area contributed by atoms with Crippen LogP contribution in [0, 0.1) is 5.82 Å². The molecule has 20 heavy (non-hydrogen) atoms. The van der Waals surface area contributed by atoms with Crippen molar-refractivity contribution in [2.24, 2.45) is 0 Å². The number of hydrogen-bond donors (Lipinski definition) is 2. The summed E-state index contributed by atoms with van der Waals surface area (Å²) in [4.78, 5) is 12.0. The lowest BCUT2D eigenvalue weighted by Gasteiger charge is -2.23.